The Morgan fingerprint density at radius 3 is 2.52 bits per heavy atom. The zero-order chi connectivity index (χ0) is 23.1. The molecule has 0 bridgehead atoms. The number of aromatic carboxylic acids is 1. The number of benzene rings is 1. The third kappa shape index (κ3) is 3.55. The summed E-state index contributed by atoms with van der Waals surface area (Å²) in [7, 11) is 0. The smallest absolute Gasteiger partial charge is 0.335 e. The van der Waals surface area contributed by atoms with Crippen molar-refractivity contribution in [2.75, 3.05) is 0 Å². The summed E-state index contributed by atoms with van der Waals surface area (Å²) in [5, 5.41) is 13.3. The molecule has 4 aromatic heterocycles. The fourth-order valence-corrected chi connectivity index (χ4v) is 4.04. The van der Waals surface area contributed by atoms with E-state index in [0.29, 0.717) is 17.1 Å². The molecule has 0 saturated carbocycles. The number of carbonyl (C=O) groups is 1. The predicted molar refractivity (Wildman–Crippen MR) is 123 cm³/mol. The van der Waals surface area contributed by atoms with Gasteiger partial charge in [-0.1, -0.05) is 23.4 Å². The van der Waals surface area contributed by atoms with Gasteiger partial charge < -0.3 is 14.2 Å². The number of rotatable bonds is 5. The molecule has 0 spiro atoms. The van der Waals surface area contributed by atoms with Gasteiger partial charge in [0.25, 0.3) is 0 Å². The van der Waals surface area contributed by atoms with E-state index in [9.17, 15) is 9.90 Å². The minimum Gasteiger partial charge on any atom is -0.478 e. The van der Waals surface area contributed by atoms with Crippen molar-refractivity contribution in [2.45, 2.75) is 26.8 Å². The Morgan fingerprint density at radius 1 is 1.09 bits per heavy atom. The second-order valence-corrected chi connectivity index (χ2v) is 7.89. The van der Waals surface area contributed by atoms with Gasteiger partial charge in [-0.3, -0.25) is 4.98 Å². The van der Waals surface area contributed by atoms with Crippen LogP contribution in [0.15, 0.2) is 65.6 Å². The molecular weight excluding hydrogens is 418 g/mol. The maximum atomic E-state index is 11.3. The minimum atomic E-state index is -0.961. The number of hydrogen-bond donors (Lipinski definition) is 1. The third-order valence-electron chi connectivity index (χ3n) is 5.79. The van der Waals surface area contributed by atoms with Crippen LogP contribution in [0.3, 0.4) is 0 Å². The van der Waals surface area contributed by atoms with Gasteiger partial charge in [-0.15, -0.1) is 0 Å². The lowest BCUT2D eigenvalue weighted by molar-refractivity contribution is 0.0697. The summed E-state index contributed by atoms with van der Waals surface area (Å²) in [5.41, 5.74) is 6.52. The fourth-order valence-electron chi connectivity index (χ4n) is 4.04. The molecule has 0 radical (unpaired) electrons. The summed E-state index contributed by atoms with van der Waals surface area (Å²) in [6.45, 7) is 5.79. The first-order chi connectivity index (χ1) is 15.9. The fraction of sp³-hybridized carbons (Fsp3) is 0.160. The molecule has 1 N–H and O–H groups in total. The molecule has 1 atom stereocenters. The van der Waals surface area contributed by atoms with Crippen LogP contribution in [0.4, 0.5) is 0 Å². The first kappa shape index (κ1) is 20.6. The number of pyridine rings is 1. The molecule has 164 valence electrons. The standard InChI is InChI=1S/C25H21N5O3/c1-14-22(16(3)33-29-14)21-12-27-23-19(17-7-9-18(10-8-17)25(31)32)13-30(24(23)28-21)15(2)20-6-4-5-11-26-20/h4-13,15H,1-3H3,(H,31,32)/t15-/m0/s1. The number of nitrogens with zero attached hydrogens (tertiary/aromatic N) is 5. The van der Waals surface area contributed by atoms with Crippen molar-refractivity contribution in [1.82, 2.24) is 24.7 Å². The zero-order valence-corrected chi connectivity index (χ0v) is 18.4. The van der Waals surface area contributed by atoms with Gasteiger partial charge in [-0.05, 0) is 50.6 Å². The van der Waals surface area contributed by atoms with E-state index < -0.39 is 5.97 Å². The van der Waals surface area contributed by atoms with Crippen molar-refractivity contribution in [3.63, 3.8) is 0 Å². The highest BCUT2D eigenvalue weighted by molar-refractivity contribution is 5.93. The van der Waals surface area contributed by atoms with E-state index in [2.05, 4.69) is 17.1 Å². The molecule has 0 aliphatic rings. The first-order valence-electron chi connectivity index (χ1n) is 10.5. The molecule has 5 aromatic rings. The summed E-state index contributed by atoms with van der Waals surface area (Å²) >= 11 is 0. The molecule has 0 fully saturated rings. The highest BCUT2D eigenvalue weighted by Crippen LogP contribution is 2.34. The lowest BCUT2D eigenvalue weighted by Gasteiger charge is -2.14. The van der Waals surface area contributed by atoms with Crippen molar-refractivity contribution in [3.05, 3.63) is 83.8 Å². The normalized spacial score (nSPS) is 12.2. The van der Waals surface area contributed by atoms with Gasteiger partial charge in [0, 0.05) is 18.0 Å². The van der Waals surface area contributed by atoms with E-state index in [1.165, 1.54) is 0 Å². The molecule has 8 nitrogen and oxygen atoms in total. The number of hydrogen-bond acceptors (Lipinski definition) is 6. The second-order valence-electron chi connectivity index (χ2n) is 7.89. The van der Waals surface area contributed by atoms with Gasteiger partial charge in [0.1, 0.15) is 11.3 Å². The van der Waals surface area contributed by atoms with E-state index >= 15 is 0 Å². The number of carboxylic acids is 1. The van der Waals surface area contributed by atoms with Crippen molar-refractivity contribution < 1.29 is 14.4 Å². The Kier molecular flexibility index (Phi) is 4.97. The molecule has 0 aliphatic heterocycles. The summed E-state index contributed by atoms with van der Waals surface area (Å²) in [6, 6.07) is 12.5. The number of aryl methyl sites for hydroxylation is 2. The summed E-state index contributed by atoms with van der Waals surface area (Å²) < 4.78 is 7.38. The zero-order valence-electron chi connectivity index (χ0n) is 18.4. The summed E-state index contributed by atoms with van der Waals surface area (Å²) in [4.78, 5) is 25.5. The highest BCUT2D eigenvalue weighted by atomic mass is 16.5. The Balaban J connectivity index is 1.72. The Labute approximate surface area is 189 Å². The van der Waals surface area contributed by atoms with Crippen molar-refractivity contribution in [1.29, 1.82) is 0 Å². The lowest BCUT2D eigenvalue weighted by atomic mass is 10.1. The van der Waals surface area contributed by atoms with Crippen molar-refractivity contribution in [3.8, 4) is 22.4 Å². The van der Waals surface area contributed by atoms with Gasteiger partial charge in [0.15, 0.2) is 5.65 Å². The molecule has 8 heteroatoms. The van der Waals surface area contributed by atoms with E-state index in [4.69, 9.17) is 14.5 Å². The van der Waals surface area contributed by atoms with Crippen LogP contribution in [0.5, 0.6) is 0 Å². The predicted octanol–water partition coefficient (Wildman–Crippen LogP) is 5.07. The molecule has 0 unspecified atom stereocenters. The topological polar surface area (TPSA) is 107 Å². The molecule has 0 aliphatic carbocycles. The van der Waals surface area contributed by atoms with Gasteiger partial charge in [-0.25, -0.2) is 14.8 Å². The van der Waals surface area contributed by atoms with Crippen LogP contribution in [-0.4, -0.2) is 35.8 Å². The molecule has 5 rings (SSSR count). The van der Waals surface area contributed by atoms with Crippen molar-refractivity contribution in [2.24, 2.45) is 0 Å². The van der Waals surface area contributed by atoms with Crippen LogP contribution < -0.4 is 0 Å². The maximum Gasteiger partial charge on any atom is 0.335 e. The molecular formula is C25H21N5O3. The molecule has 0 saturated heterocycles. The summed E-state index contributed by atoms with van der Waals surface area (Å²) in [5.74, 6) is -0.279. The molecule has 1 aromatic carbocycles. The minimum absolute atomic E-state index is 0.102. The van der Waals surface area contributed by atoms with E-state index in [1.807, 2.05) is 42.8 Å². The average Bonchev–Trinajstić information content (AvgIpc) is 3.38. The highest BCUT2D eigenvalue weighted by Gasteiger charge is 2.21. The molecule has 0 amide bonds. The van der Waals surface area contributed by atoms with E-state index in [-0.39, 0.29) is 11.6 Å². The van der Waals surface area contributed by atoms with Crippen molar-refractivity contribution >= 4 is 17.1 Å². The maximum absolute atomic E-state index is 11.3. The third-order valence-corrected chi connectivity index (χ3v) is 5.79. The summed E-state index contributed by atoms with van der Waals surface area (Å²) in [6.07, 6.45) is 5.49. The van der Waals surface area contributed by atoms with Gasteiger partial charge in [-0.2, -0.15) is 0 Å². The first-order valence-corrected chi connectivity index (χ1v) is 10.5. The van der Waals surface area contributed by atoms with Gasteiger partial charge in [0.05, 0.1) is 40.4 Å². The number of fused-ring (bicyclic) bond motifs is 1. The quantitative estimate of drug-likeness (QED) is 0.407. The van der Waals surface area contributed by atoms with Gasteiger partial charge in [0.2, 0.25) is 0 Å². The van der Waals surface area contributed by atoms with Gasteiger partial charge >= 0.3 is 5.97 Å². The monoisotopic (exact) mass is 439 g/mol. The second kappa shape index (κ2) is 7.98. The van der Waals surface area contributed by atoms with Crippen LogP contribution in [0.25, 0.3) is 33.5 Å². The van der Waals surface area contributed by atoms with Crippen LogP contribution in [0, 0.1) is 13.8 Å². The number of carboxylic acid groups (broad SMARTS) is 1. The van der Waals surface area contributed by atoms with E-state index in [1.54, 1.807) is 36.7 Å². The Bertz CT molecular complexity index is 1450. The van der Waals surface area contributed by atoms with Crippen LogP contribution in [0.2, 0.25) is 0 Å². The molecule has 33 heavy (non-hydrogen) atoms. The van der Waals surface area contributed by atoms with Crippen LogP contribution in [-0.2, 0) is 0 Å². The van der Waals surface area contributed by atoms with Crippen LogP contribution >= 0.6 is 0 Å². The Morgan fingerprint density at radius 2 is 1.88 bits per heavy atom. The lowest BCUT2D eigenvalue weighted by Crippen LogP contribution is -2.08. The molecule has 4 heterocycles. The largest absolute Gasteiger partial charge is 0.478 e. The number of aromatic nitrogens is 5. The Hall–Kier alpha value is -4.33. The average molecular weight is 439 g/mol. The SMILES string of the molecule is Cc1noc(C)c1-c1cnc2c(-c3ccc(C(=O)O)cc3)cn([C@@H](C)c3ccccn3)c2n1. The van der Waals surface area contributed by atoms with Crippen LogP contribution in [0.1, 0.15) is 40.5 Å². The van der Waals surface area contributed by atoms with E-state index in [0.717, 1.165) is 33.6 Å².